The molecule has 0 saturated heterocycles. The van der Waals surface area contributed by atoms with Crippen molar-refractivity contribution in [3.63, 3.8) is 0 Å². The molecular weight excluding hydrogens is 384 g/mol. The lowest BCUT2D eigenvalue weighted by atomic mass is 9.95. The molecule has 2 N–H and O–H groups in total. The van der Waals surface area contributed by atoms with E-state index >= 15 is 0 Å². The van der Waals surface area contributed by atoms with Gasteiger partial charge in [-0.05, 0) is 61.4 Å². The third-order valence-electron chi connectivity index (χ3n) is 5.57. The van der Waals surface area contributed by atoms with Crippen LogP contribution in [-0.2, 0) is 10.0 Å². The van der Waals surface area contributed by atoms with Gasteiger partial charge in [0, 0.05) is 11.7 Å². The zero-order valence-corrected chi connectivity index (χ0v) is 16.3. The third kappa shape index (κ3) is 3.82. The Hall–Kier alpha value is -2.05. The van der Waals surface area contributed by atoms with Gasteiger partial charge in [0.15, 0.2) is 0 Å². The molecule has 0 heterocycles. The maximum atomic E-state index is 12.7. The number of sulfonamides is 1. The minimum Gasteiger partial charge on any atom is -0.349 e. The minimum absolute atomic E-state index is 0.160. The molecule has 2 aromatic carbocycles. The van der Waals surface area contributed by atoms with Crippen molar-refractivity contribution < 1.29 is 13.2 Å². The number of carbonyl (C=O) groups excluding carboxylic acids is 1. The van der Waals surface area contributed by atoms with E-state index in [0.717, 1.165) is 12.3 Å². The Kier molecular flexibility index (Phi) is 4.86. The summed E-state index contributed by atoms with van der Waals surface area (Å²) in [5, 5.41) is 3.39. The van der Waals surface area contributed by atoms with Crippen LogP contribution in [0.2, 0.25) is 5.02 Å². The van der Waals surface area contributed by atoms with Crippen LogP contribution in [0.25, 0.3) is 0 Å². The van der Waals surface area contributed by atoms with Crippen molar-refractivity contribution in [2.75, 3.05) is 4.72 Å². The van der Waals surface area contributed by atoms with Gasteiger partial charge in [-0.3, -0.25) is 9.52 Å². The maximum Gasteiger partial charge on any atom is 0.261 e. The largest absolute Gasteiger partial charge is 0.349 e. The molecule has 2 saturated carbocycles. The quantitative estimate of drug-likeness (QED) is 0.789. The van der Waals surface area contributed by atoms with Gasteiger partial charge in [0.1, 0.15) is 0 Å². The van der Waals surface area contributed by atoms with Gasteiger partial charge in [0.25, 0.3) is 15.9 Å². The average molecular weight is 405 g/mol. The summed E-state index contributed by atoms with van der Waals surface area (Å²) in [4.78, 5) is 12.9. The van der Waals surface area contributed by atoms with Crippen molar-refractivity contribution >= 4 is 33.2 Å². The molecule has 0 radical (unpaired) electrons. The first-order chi connectivity index (χ1) is 12.9. The molecule has 7 heteroatoms. The second-order valence-electron chi connectivity index (χ2n) is 7.37. The third-order valence-corrected chi connectivity index (χ3v) is 7.30. The zero-order chi connectivity index (χ0) is 19.0. The van der Waals surface area contributed by atoms with Crippen LogP contribution in [0.5, 0.6) is 0 Å². The lowest BCUT2D eigenvalue weighted by Gasteiger charge is -2.23. The highest BCUT2D eigenvalue weighted by atomic mass is 35.5. The van der Waals surface area contributed by atoms with E-state index in [1.165, 1.54) is 37.5 Å². The number of fused-ring (bicyclic) bond motifs is 2. The Morgan fingerprint density at radius 3 is 2.48 bits per heavy atom. The summed E-state index contributed by atoms with van der Waals surface area (Å²) in [7, 11) is -3.72. The van der Waals surface area contributed by atoms with Crippen molar-refractivity contribution in [1.82, 2.24) is 5.32 Å². The van der Waals surface area contributed by atoms with E-state index in [0.29, 0.717) is 16.6 Å². The molecule has 2 aromatic rings. The van der Waals surface area contributed by atoms with Crippen LogP contribution in [0.15, 0.2) is 53.4 Å². The molecule has 2 bridgehead atoms. The predicted octanol–water partition coefficient (Wildman–Crippen LogP) is 4.06. The van der Waals surface area contributed by atoms with E-state index < -0.39 is 10.0 Å². The van der Waals surface area contributed by atoms with Gasteiger partial charge in [-0.1, -0.05) is 36.2 Å². The number of benzene rings is 2. The Labute approximate surface area is 164 Å². The predicted molar refractivity (Wildman–Crippen MR) is 105 cm³/mol. The number of anilines is 1. The first kappa shape index (κ1) is 18.3. The number of rotatable bonds is 5. The normalized spacial score (nSPS) is 24.0. The molecule has 2 aliphatic carbocycles. The fourth-order valence-electron chi connectivity index (χ4n) is 4.24. The van der Waals surface area contributed by atoms with Gasteiger partial charge < -0.3 is 5.32 Å². The lowest BCUT2D eigenvalue weighted by Crippen LogP contribution is -2.38. The molecule has 4 rings (SSSR count). The van der Waals surface area contributed by atoms with E-state index in [1.807, 2.05) is 0 Å². The van der Waals surface area contributed by atoms with Crippen molar-refractivity contribution in [2.24, 2.45) is 11.8 Å². The van der Waals surface area contributed by atoms with Crippen molar-refractivity contribution in [3.8, 4) is 0 Å². The smallest absolute Gasteiger partial charge is 0.261 e. The molecule has 5 nitrogen and oxygen atoms in total. The molecule has 2 aliphatic rings. The second-order valence-corrected chi connectivity index (χ2v) is 9.46. The SMILES string of the molecule is O=C(N[C@@H]1C[C@H]2CC[C@@H]1C2)c1cc(NS(=O)(=O)c2ccccc2)ccc1Cl. The summed E-state index contributed by atoms with van der Waals surface area (Å²) in [5.74, 6) is 1.02. The molecule has 0 aliphatic heterocycles. The fourth-order valence-corrected chi connectivity index (χ4v) is 5.52. The first-order valence-electron chi connectivity index (χ1n) is 9.10. The van der Waals surface area contributed by atoms with Crippen LogP contribution in [-0.4, -0.2) is 20.4 Å². The number of halogens is 1. The van der Waals surface area contributed by atoms with Crippen molar-refractivity contribution in [3.05, 3.63) is 59.1 Å². The molecule has 3 atom stereocenters. The molecule has 0 unspecified atom stereocenters. The Bertz CT molecular complexity index is 962. The van der Waals surface area contributed by atoms with Gasteiger partial charge in [0.05, 0.1) is 15.5 Å². The molecule has 142 valence electrons. The van der Waals surface area contributed by atoms with Crippen LogP contribution in [0.1, 0.15) is 36.0 Å². The molecule has 1 amide bonds. The Morgan fingerprint density at radius 2 is 1.81 bits per heavy atom. The van der Waals surface area contributed by atoms with Crippen LogP contribution >= 0.6 is 11.6 Å². The fraction of sp³-hybridized carbons (Fsp3) is 0.350. The van der Waals surface area contributed by atoms with Crippen molar-refractivity contribution in [2.45, 2.75) is 36.6 Å². The van der Waals surface area contributed by atoms with Gasteiger partial charge >= 0.3 is 0 Å². The number of hydrogen-bond acceptors (Lipinski definition) is 3. The topological polar surface area (TPSA) is 75.3 Å². The average Bonchev–Trinajstić information content (AvgIpc) is 3.27. The minimum atomic E-state index is -3.72. The highest BCUT2D eigenvalue weighted by molar-refractivity contribution is 7.92. The zero-order valence-electron chi connectivity index (χ0n) is 14.7. The lowest BCUT2D eigenvalue weighted by molar-refractivity contribution is 0.0923. The van der Waals surface area contributed by atoms with Crippen LogP contribution < -0.4 is 10.0 Å². The highest BCUT2D eigenvalue weighted by Gasteiger charge is 2.40. The summed E-state index contributed by atoms with van der Waals surface area (Å²) in [6.45, 7) is 0. The number of amides is 1. The maximum absolute atomic E-state index is 12.7. The summed E-state index contributed by atoms with van der Waals surface area (Å²) in [6.07, 6.45) is 4.64. The van der Waals surface area contributed by atoms with E-state index in [4.69, 9.17) is 11.6 Å². The van der Waals surface area contributed by atoms with E-state index in [1.54, 1.807) is 30.3 Å². The summed E-state index contributed by atoms with van der Waals surface area (Å²) in [6, 6.07) is 12.9. The Balaban J connectivity index is 1.52. The summed E-state index contributed by atoms with van der Waals surface area (Å²) < 4.78 is 27.5. The van der Waals surface area contributed by atoms with Gasteiger partial charge in [-0.25, -0.2) is 8.42 Å². The standard InChI is InChI=1S/C20H21ClN2O3S/c21-18-9-8-15(23-27(25,26)16-4-2-1-3-5-16)12-17(18)20(24)22-19-11-13-6-7-14(19)10-13/h1-5,8-9,12-14,19,23H,6-7,10-11H2,(H,22,24)/t13-,14+,19+/m0/s1. The van der Waals surface area contributed by atoms with E-state index in [-0.39, 0.29) is 22.4 Å². The van der Waals surface area contributed by atoms with Crippen LogP contribution in [0.3, 0.4) is 0 Å². The second kappa shape index (κ2) is 7.17. The Morgan fingerprint density at radius 1 is 1.04 bits per heavy atom. The molecule has 27 heavy (non-hydrogen) atoms. The van der Waals surface area contributed by atoms with Crippen molar-refractivity contribution in [1.29, 1.82) is 0 Å². The molecule has 0 spiro atoms. The number of hydrogen-bond donors (Lipinski definition) is 2. The van der Waals surface area contributed by atoms with Gasteiger partial charge in [-0.15, -0.1) is 0 Å². The monoisotopic (exact) mass is 404 g/mol. The highest BCUT2D eigenvalue weighted by Crippen LogP contribution is 2.44. The molecule has 0 aromatic heterocycles. The van der Waals surface area contributed by atoms with Crippen LogP contribution in [0, 0.1) is 11.8 Å². The molecule has 2 fully saturated rings. The van der Waals surface area contributed by atoms with E-state index in [2.05, 4.69) is 10.0 Å². The van der Waals surface area contributed by atoms with E-state index in [9.17, 15) is 13.2 Å². The summed E-state index contributed by atoms with van der Waals surface area (Å²) >= 11 is 6.21. The number of nitrogens with one attached hydrogen (secondary N) is 2. The summed E-state index contributed by atoms with van der Waals surface area (Å²) in [5.41, 5.74) is 0.592. The van der Waals surface area contributed by atoms with Gasteiger partial charge in [0.2, 0.25) is 0 Å². The van der Waals surface area contributed by atoms with Crippen LogP contribution in [0.4, 0.5) is 5.69 Å². The first-order valence-corrected chi connectivity index (χ1v) is 11.0. The molecular formula is C20H21ClN2O3S. The number of carbonyl (C=O) groups is 1. The van der Waals surface area contributed by atoms with Gasteiger partial charge in [-0.2, -0.15) is 0 Å².